The average Bonchev–Trinajstić information content (AvgIpc) is 2.63. The first-order chi connectivity index (χ1) is 12.2. The molecule has 2 aliphatic rings. The highest BCUT2D eigenvalue weighted by molar-refractivity contribution is 5.85. The third-order valence-electron chi connectivity index (χ3n) is 4.78. The number of nitrogens with one attached hydrogen (secondary N) is 1. The van der Waals surface area contributed by atoms with E-state index in [1.807, 2.05) is 4.90 Å². The second-order valence-electron chi connectivity index (χ2n) is 6.54. The Balaban J connectivity index is 0.00000182. The van der Waals surface area contributed by atoms with Gasteiger partial charge in [0.15, 0.2) is 0 Å². The Labute approximate surface area is 172 Å². The van der Waals surface area contributed by atoms with Crippen molar-refractivity contribution in [3.8, 4) is 5.75 Å². The molecule has 2 saturated heterocycles. The van der Waals surface area contributed by atoms with Gasteiger partial charge >= 0.3 is 0 Å². The number of benzene rings is 1. The Morgan fingerprint density at radius 2 is 2.04 bits per heavy atom. The van der Waals surface area contributed by atoms with E-state index in [-0.39, 0.29) is 42.6 Å². The third kappa shape index (κ3) is 6.76. The number of methoxy groups -OCH3 is 1. The van der Waals surface area contributed by atoms with Gasteiger partial charge in [-0.15, -0.1) is 24.8 Å². The van der Waals surface area contributed by atoms with Crippen molar-refractivity contribution in [3.05, 3.63) is 29.6 Å². The standard InChI is InChI=1S/C18H26FN3O3.2ClH/c1-24-17-3-2-15(19)10-14(17)12-21-5-7-22(8-6-21)18(23)11-16-13-25-9-4-20-16;;/h2-3,10,16,20H,4-9,11-13H2,1H3;2*1H. The molecule has 1 unspecified atom stereocenters. The molecular formula is C18H28Cl2FN3O3. The molecule has 1 aromatic carbocycles. The lowest BCUT2D eigenvalue weighted by molar-refractivity contribution is -0.134. The molecular weight excluding hydrogens is 396 g/mol. The summed E-state index contributed by atoms with van der Waals surface area (Å²) in [6.45, 7) is 5.70. The molecule has 0 aromatic heterocycles. The van der Waals surface area contributed by atoms with Crippen LogP contribution in [0.4, 0.5) is 4.39 Å². The van der Waals surface area contributed by atoms with Crippen LogP contribution in [0.2, 0.25) is 0 Å². The Hall–Kier alpha value is -1.12. The lowest BCUT2D eigenvalue weighted by Gasteiger charge is -2.36. The van der Waals surface area contributed by atoms with Crippen LogP contribution >= 0.6 is 24.8 Å². The molecule has 0 saturated carbocycles. The molecule has 1 N–H and O–H groups in total. The van der Waals surface area contributed by atoms with Crippen molar-refractivity contribution in [1.29, 1.82) is 0 Å². The van der Waals surface area contributed by atoms with Gasteiger partial charge in [0, 0.05) is 57.3 Å². The number of hydrogen-bond donors (Lipinski definition) is 1. The van der Waals surface area contributed by atoms with Crippen molar-refractivity contribution in [2.24, 2.45) is 0 Å². The van der Waals surface area contributed by atoms with E-state index in [0.29, 0.717) is 45.0 Å². The van der Waals surface area contributed by atoms with Gasteiger partial charge in [-0.25, -0.2) is 4.39 Å². The van der Waals surface area contributed by atoms with Gasteiger partial charge in [-0.2, -0.15) is 0 Å². The Bertz CT molecular complexity index is 595. The van der Waals surface area contributed by atoms with Crippen molar-refractivity contribution in [2.75, 3.05) is 53.0 Å². The number of ether oxygens (including phenoxy) is 2. The number of morpholine rings is 1. The number of rotatable bonds is 5. The van der Waals surface area contributed by atoms with Crippen molar-refractivity contribution in [3.63, 3.8) is 0 Å². The predicted octanol–water partition coefficient (Wildman–Crippen LogP) is 1.70. The van der Waals surface area contributed by atoms with E-state index in [4.69, 9.17) is 9.47 Å². The van der Waals surface area contributed by atoms with Crippen LogP contribution in [0.15, 0.2) is 18.2 Å². The highest BCUT2D eigenvalue weighted by Gasteiger charge is 2.25. The summed E-state index contributed by atoms with van der Waals surface area (Å²) in [5.74, 6) is 0.612. The van der Waals surface area contributed by atoms with Crippen molar-refractivity contribution >= 4 is 30.7 Å². The van der Waals surface area contributed by atoms with Gasteiger partial charge in [0.05, 0.1) is 20.3 Å². The van der Waals surface area contributed by atoms with E-state index < -0.39 is 0 Å². The molecule has 2 aliphatic heterocycles. The molecule has 2 heterocycles. The van der Waals surface area contributed by atoms with Crippen molar-refractivity contribution in [2.45, 2.75) is 19.0 Å². The van der Waals surface area contributed by atoms with E-state index >= 15 is 0 Å². The number of nitrogens with zero attached hydrogens (tertiary/aromatic N) is 2. The second kappa shape index (κ2) is 11.7. The lowest BCUT2D eigenvalue weighted by atomic mass is 10.1. The first-order valence-electron chi connectivity index (χ1n) is 8.79. The SMILES string of the molecule is COc1ccc(F)cc1CN1CCN(C(=O)CC2COCCN2)CC1.Cl.Cl. The first-order valence-corrected chi connectivity index (χ1v) is 8.79. The summed E-state index contributed by atoms with van der Waals surface area (Å²) in [7, 11) is 1.59. The van der Waals surface area contributed by atoms with Gasteiger partial charge in [0.25, 0.3) is 0 Å². The summed E-state index contributed by atoms with van der Waals surface area (Å²) in [5, 5.41) is 3.32. The molecule has 3 rings (SSSR count). The van der Waals surface area contributed by atoms with Crippen LogP contribution in [0.1, 0.15) is 12.0 Å². The molecule has 154 valence electrons. The van der Waals surface area contributed by atoms with Gasteiger partial charge in [0.2, 0.25) is 5.91 Å². The number of carbonyl (C=O) groups is 1. The van der Waals surface area contributed by atoms with Gasteiger partial charge in [0.1, 0.15) is 11.6 Å². The number of carbonyl (C=O) groups excluding carboxylic acids is 1. The van der Waals surface area contributed by atoms with Crippen molar-refractivity contribution in [1.82, 2.24) is 15.1 Å². The molecule has 1 amide bonds. The second-order valence-corrected chi connectivity index (χ2v) is 6.54. The summed E-state index contributed by atoms with van der Waals surface area (Å²) in [6, 6.07) is 4.70. The summed E-state index contributed by atoms with van der Waals surface area (Å²) < 4.78 is 24.2. The summed E-state index contributed by atoms with van der Waals surface area (Å²) >= 11 is 0. The zero-order chi connectivity index (χ0) is 17.6. The van der Waals surface area contributed by atoms with E-state index in [9.17, 15) is 9.18 Å². The van der Waals surface area contributed by atoms with Crippen LogP contribution in [0.3, 0.4) is 0 Å². The van der Waals surface area contributed by atoms with Crippen LogP contribution in [0.25, 0.3) is 0 Å². The van der Waals surface area contributed by atoms with Gasteiger partial charge in [-0.3, -0.25) is 9.69 Å². The summed E-state index contributed by atoms with van der Waals surface area (Å²) in [4.78, 5) is 16.6. The molecule has 2 fully saturated rings. The third-order valence-corrected chi connectivity index (χ3v) is 4.78. The molecule has 0 bridgehead atoms. The van der Waals surface area contributed by atoms with Crippen LogP contribution in [-0.4, -0.2) is 74.8 Å². The summed E-state index contributed by atoms with van der Waals surface area (Å²) in [5.41, 5.74) is 0.839. The predicted molar refractivity (Wildman–Crippen MR) is 107 cm³/mol. The zero-order valence-corrected chi connectivity index (χ0v) is 17.1. The molecule has 1 aromatic rings. The van der Waals surface area contributed by atoms with E-state index in [1.54, 1.807) is 13.2 Å². The van der Waals surface area contributed by atoms with E-state index in [2.05, 4.69) is 10.2 Å². The topological polar surface area (TPSA) is 54.0 Å². The average molecular weight is 424 g/mol. The fraction of sp³-hybridized carbons (Fsp3) is 0.611. The molecule has 0 radical (unpaired) electrons. The molecule has 27 heavy (non-hydrogen) atoms. The molecule has 9 heteroatoms. The first kappa shape index (κ1) is 23.9. The Kier molecular flexibility index (Phi) is 10.3. The number of hydrogen-bond acceptors (Lipinski definition) is 5. The molecule has 0 spiro atoms. The number of halogens is 3. The maximum absolute atomic E-state index is 13.5. The highest BCUT2D eigenvalue weighted by atomic mass is 35.5. The minimum atomic E-state index is -0.258. The quantitative estimate of drug-likeness (QED) is 0.780. The zero-order valence-electron chi connectivity index (χ0n) is 15.5. The minimum absolute atomic E-state index is 0. The fourth-order valence-corrected chi connectivity index (χ4v) is 3.36. The normalized spacial score (nSPS) is 20.4. The largest absolute Gasteiger partial charge is 0.496 e. The van der Waals surface area contributed by atoms with Gasteiger partial charge in [-0.05, 0) is 18.2 Å². The van der Waals surface area contributed by atoms with Crippen molar-refractivity contribution < 1.29 is 18.7 Å². The van der Waals surface area contributed by atoms with Gasteiger partial charge in [-0.1, -0.05) is 0 Å². The summed E-state index contributed by atoms with van der Waals surface area (Å²) in [6.07, 6.45) is 0.484. The molecule has 6 nitrogen and oxygen atoms in total. The number of piperazine rings is 1. The van der Waals surface area contributed by atoms with Gasteiger partial charge < -0.3 is 19.7 Å². The van der Waals surface area contributed by atoms with E-state index in [1.165, 1.54) is 12.1 Å². The maximum Gasteiger partial charge on any atom is 0.224 e. The lowest BCUT2D eigenvalue weighted by Crippen LogP contribution is -2.51. The van der Waals surface area contributed by atoms with Crippen LogP contribution in [0, 0.1) is 5.82 Å². The monoisotopic (exact) mass is 423 g/mol. The highest BCUT2D eigenvalue weighted by Crippen LogP contribution is 2.21. The molecule has 0 aliphatic carbocycles. The fourth-order valence-electron chi connectivity index (χ4n) is 3.36. The number of amides is 1. The van der Waals surface area contributed by atoms with Crippen LogP contribution < -0.4 is 10.1 Å². The Morgan fingerprint density at radius 3 is 2.67 bits per heavy atom. The minimum Gasteiger partial charge on any atom is -0.496 e. The maximum atomic E-state index is 13.5. The Morgan fingerprint density at radius 1 is 1.30 bits per heavy atom. The van der Waals surface area contributed by atoms with Crippen LogP contribution in [-0.2, 0) is 16.1 Å². The molecule has 1 atom stereocenters. The van der Waals surface area contributed by atoms with Crippen LogP contribution in [0.5, 0.6) is 5.75 Å². The smallest absolute Gasteiger partial charge is 0.224 e. The van der Waals surface area contributed by atoms with E-state index in [0.717, 1.165) is 25.2 Å².